The Hall–Kier alpha value is -1.97. The van der Waals surface area contributed by atoms with Crippen molar-refractivity contribution in [1.29, 1.82) is 0 Å². The van der Waals surface area contributed by atoms with Crippen molar-refractivity contribution in [3.63, 3.8) is 0 Å². The van der Waals surface area contributed by atoms with E-state index in [0.717, 1.165) is 24.4 Å². The molecule has 0 saturated carbocycles. The van der Waals surface area contributed by atoms with Gasteiger partial charge in [0.15, 0.2) is 6.10 Å². The molecule has 1 heterocycles. The zero-order valence-corrected chi connectivity index (χ0v) is 11.3. The predicted molar refractivity (Wildman–Crippen MR) is 76.4 cm³/mol. The number of para-hydroxylation sites is 2. The van der Waals surface area contributed by atoms with Gasteiger partial charge in [0.1, 0.15) is 5.75 Å². The number of rotatable bonds is 5. The first kappa shape index (κ1) is 13.5. The van der Waals surface area contributed by atoms with Crippen LogP contribution in [0.1, 0.15) is 13.3 Å². The van der Waals surface area contributed by atoms with E-state index in [4.69, 9.17) is 4.74 Å². The molecule has 4 nitrogen and oxygen atoms in total. The minimum atomic E-state index is -0.457. The lowest BCUT2D eigenvalue weighted by molar-refractivity contribution is -0.137. The Labute approximate surface area is 114 Å². The van der Waals surface area contributed by atoms with Crippen molar-refractivity contribution >= 4 is 11.6 Å². The molecule has 0 fully saturated rings. The Morgan fingerprint density at radius 2 is 2.37 bits per heavy atom. The monoisotopic (exact) mass is 260 g/mol. The maximum absolute atomic E-state index is 12.4. The van der Waals surface area contributed by atoms with Gasteiger partial charge in [-0.1, -0.05) is 25.1 Å². The third kappa shape index (κ3) is 3.08. The highest BCUT2D eigenvalue weighted by Crippen LogP contribution is 2.28. The average molecular weight is 260 g/mol. The van der Waals surface area contributed by atoms with Crippen molar-refractivity contribution < 1.29 is 9.53 Å². The Balaban J connectivity index is 2.06. The second-order valence-corrected chi connectivity index (χ2v) is 4.56. The molecule has 1 aliphatic heterocycles. The number of amides is 1. The maximum Gasteiger partial charge on any atom is 0.265 e. The van der Waals surface area contributed by atoms with Crippen LogP contribution < -0.4 is 10.1 Å². The van der Waals surface area contributed by atoms with Gasteiger partial charge in [-0.25, -0.2) is 0 Å². The van der Waals surface area contributed by atoms with Crippen molar-refractivity contribution in [2.45, 2.75) is 19.4 Å². The van der Waals surface area contributed by atoms with Crippen LogP contribution in [0, 0.1) is 0 Å². The van der Waals surface area contributed by atoms with Crippen LogP contribution in [0.3, 0.4) is 0 Å². The second kappa shape index (κ2) is 6.27. The van der Waals surface area contributed by atoms with Gasteiger partial charge >= 0.3 is 0 Å². The molecular weight excluding hydrogens is 240 g/mol. The fourth-order valence-corrected chi connectivity index (χ4v) is 2.17. The van der Waals surface area contributed by atoms with E-state index < -0.39 is 6.10 Å². The van der Waals surface area contributed by atoms with Crippen molar-refractivity contribution in [3.05, 3.63) is 36.9 Å². The van der Waals surface area contributed by atoms with E-state index in [1.54, 1.807) is 11.0 Å². The summed E-state index contributed by atoms with van der Waals surface area (Å²) in [6, 6.07) is 7.67. The summed E-state index contributed by atoms with van der Waals surface area (Å²) in [5.74, 6) is 0.755. The maximum atomic E-state index is 12.4. The number of nitrogens with zero attached hydrogens (tertiary/aromatic N) is 1. The number of ether oxygens (including phenoxy) is 1. The molecule has 1 aromatic carbocycles. The van der Waals surface area contributed by atoms with E-state index in [0.29, 0.717) is 13.1 Å². The molecule has 0 radical (unpaired) electrons. The molecule has 19 heavy (non-hydrogen) atoms. The van der Waals surface area contributed by atoms with Crippen LogP contribution in [0.5, 0.6) is 5.75 Å². The van der Waals surface area contributed by atoms with E-state index in [1.807, 2.05) is 24.3 Å². The number of carbonyl (C=O) groups is 1. The summed E-state index contributed by atoms with van der Waals surface area (Å²) >= 11 is 0. The van der Waals surface area contributed by atoms with Crippen LogP contribution in [-0.2, 0) is 4.79 Å². The molecule has 1 N–H and O–H groups in total. The summed E-state index contributed by atoms with van der Waals surface area (Å²) in [5.41, 5.74) is 0.942. The molecule has 0 spiro atoms. The van der Waals surface area contributed by atoms with Crippen molar-refractivity contribution in [3.8, 4) is 5.75 Å². The zero-order valence-electron chi connectivity index (χ0n) is 11.3. The van der Waals surface area contributed by atoms with E-state index in [2.05, 4.69) is 18.8 Å². The Bertz CT molecular complexity index is 459. The Kier molecular flexibility index (Phi) is 4.44. The predicted octanol–water partition coefficient (Wildman–Crippen LogP) is 2.28. The van der Waals surface area contributed by atoms with Gasteiger partial charge in [-0.2, -0.15) is 0 Å². The van der Waals surface area contributed by atoms with Crippen LogP contribution in [-0.4, -0.2) is 36.5 Å². The topological polar surface area (TPSA) is 41.6 Å². The number of carbonyl (C=O) groups excluding carboxylic acids is 1. The van der Waals surface area contributed by atoms with Crippen LogP contribution in [0.4, 0.5) is 5.69 Å². The standard InChI is InChI=1S/C15H20N2O2/c1-3-9-17(10-4-2)15(18)14-11-16-12-7-5-6-8-13(12)19-14/h3,5-8,14,16H,1,4,9-11H2,2H3. The highest BCUT2D eigenvalue weighted by atomic mass is 16.5. The molecule has 0 bridgehead atoms. The molecule has 102 valence electrons. The van der Waals surface area contributed by atoms with Crippen LogP contribution in [0.25, 0.3) is 0 Å². The van der Waals surface area contributed by atoms with Crippen molar-refractivity contribution in [2.75, 3.05) is 25.0 Å². The van der Waals surface area contributed by atoms with Gasteiger partial charge < -0.3 is 15.0 Å². The lowest BCUT2D eigenvalue weighted by Crippen LogP contribution is -2.47. The van der Waals surface area contributed by atoms with Crippen molar-refractivity contribution in [1.82, 2.24) is 4.90 Å². The minimum Gasteiger partial charge on any atom is -0.477 e. The van der Waals surface area contributed by atoms with Gasteiger partial charge in [0.05, 0.1) is 12.2 Å². The second-order valence-electron chi connectivity index (χ2n) is 4.56. The van der Waals surface area contributed by atoms with Gasteiger partial charge in [-0.05, 0) is 18.6 Å². The number of benzene rings is 1. The molecule has 1 amide bonds. The molecular formula is C15H20N2O2. The number of hydrogen-bond donors (Lipinski definition) is 1. The molecule has 1 aliphatic rings. The fraction of sp³-hybridized carbons (Fsp3) is 0.400. The van der Waals surface area contributed by atoms with Crippen molar-refractivity contribution in [2.24, 2.45) is 0 Å². The first-order valence-corrected chi connectivity index (χ1v) is 6.65. The first-order valence-electron chi connectivity index (χ1n) is 6.65. The van der Waals surface area contributed by atoms with Crippen LogP contribution >= 0.6 is 0 Å². The number of nitrogens with one attached hydrogen (secondary N) is 1. The average Bonchev–Trinajstić information content (AvgIpc) is 2.46. The molecule has 4 heteroatoms. The summed E-state index contributed by atoms with van der Waals surface area (Å²) in [5, 5.41) is 3.23. The lowest BCUT2D eigenvalue weighted by Gasteiger charge is -2.30. The molecule has 1 aromatic rings. The molecule has 0 aliphatic carbocycles. The van der Waals surface area contributed by atoms with E-state index in [-0.39, 0.29) is 5.91 Å². The highest BCUT2D eigenvalue weighted by molar-refractivity contribution is 5.83. The van der Waals surface area contributed by atoms with E-state index in [1.165, 1.54) is 0 Å². The smallest absolute Gasteiger partial charge is 0.265 e. The molecule has 0 aromatic heterocycles. The summed E-state index contributed by atoms with van der Waals surface area (Å²) in [6.45, 7) is 7.55. The normalized spacial score (nSPS) is 16.8. The van der Waals surface area contributed by atoms with Gasteiger partial charge in [-0.3, -0.25) is 4.79 Å². The third-order valence-corrected chi connectivity index (χ3v) is 3.06. The minimum absolute atomic E-state index is 0.0174. The SMILES string of the molecule is C=CCN(CCC)C(=O)C1CNc2ccccc2O1. The van der Waals surface area contributed by atoms with Gasteiger partial charge in [0.25, 0.3) is 5.91 Å². The van der Waals surface area contributed by atoms with Gasteiger partial charge in [-0.15, -0.1) is 6.58 Å². The molecule has 2 rings (SSSR count). The molecule has 0 saturated heterocycles. The lowest BCUT2D eigenvalue weighted by atomic mass is 10.2. The molecule has 1 atom stereocenters. The summed E-state index contributed by atoms with van der Waals surface area (Å²) in [4.78, 5) is 14.2. The number of anilines is 1. The largest absolute Gasteiger partial charge is 0.477 e. The molecule has 1 unspecified atom stereocenters. The van der Waals surface area contributed by atoms with Gasteiger partial charge in [0, 0.05) is 13.1 Å². The summed E-state index contributed by atoms with van der Waals surface area (Å²) in [7, 11) is 0. The Morgan fingerprint density at radius 3 is 3.11 bits per heavy atom. The van der Waals surface area contributed by atoms with Gasteiger partial charge in [0.2, 0.25) is 0 Å². The highest BCUT2D eigenvalue weighted by Gasteiger charge is 2.28. The quantitative estimate of drug-likeness (QED) is 0.826. The number of hydrogen-bond acceptors (Lipinski definition) is 3. The Morgan fingerprint density at radius 1 is 1.58 bits per heavy atom. The van der Waals surface area contributed by atoms with Crippen LogP contribution in [0.15, 0.2) is 36.9 Å². The zero-order chi connectivity index (χ0) is 13.7. The summed E-state index contributed by atoms with van der Waals surface area (Å²) in [6.07, 6.45) is 2.22. The third-order valence-electron chi connectivity index (χ3n) is 3.06. The number of fused-ring (bicyclic) bond motifs is 1. The van der Waals surface area contributed by atoms with E-state index in [9.17, 15) is 4.79 Å². The van der Waals surface area contributed by atoms with E-state index >= 15 is 0 Å². The van der Waals surface area contributed by atoms with Crippen LogP contribution in [0.2, 0.25) is 0 Å². The summed E-state index contributed by atoms with van der Waals surface area (Å²) < 4.78 is 5.78. The first-order chi connectivity index (χ1) is 9.26. The fourth-order valence-electron chi connectivity index (χ4n) is 2.17.